The number of hydrogen-bond donors (Lipinski definition) is 1. The van der Waals surface area contributed by atoms with Gasteiger partial charge in [-0.15, -0.1) is 0 Å². The van der Waals surface area contributed by atoms with Crippen LogP contribution in [0.25, 0.3) is 16.5 Å². The first-order valence-corrected chi connectivity index (χ1v) is 16.1. The third-order valence-electron chi connectivity index (χ3n) is 8.83. The fraction of sp³-hybridized carbons (Fsp3) is 0.361. The van der Waals surface area contributed by atoms with Crippen molar-refractivity contribution in [1.29, 1.82) is 0 Å². The van der Waals surface area contributed by atoms with Gasteiger partial charge < -0.3 is 19.4 Å². The molecule has 1 aliphatic heterocycles. The molecule has 1 aliphatic carbocycles. The lowest BCUT2D eigenvalue weighted by Crippen LogP contribution is -2.47. The Morgan fingerprint density at radius 1 is 0.977 bits per heavy atom. The average Bonchev–Trinajstić information content (AvgIpc) is 3.40. The van der Waals surface area contributed by atoms with Gasteiger partial charge in [0.15, 0.2) is 0 Å². The molecule has 1 fully saturated rings. The molecule has 44 heavy (non-hydrogen) atoms. The Kier molecular flexibility index (Phi) is 8.95. The fourth-order valence-corrected chi connectivity index (χ4v) is 6.76. The summed E-state index contributed by atoms with van der Waals surface area (Å²) in [7, 11) is 0. The van der Waals surface area contributed by atoms with Crippen LogP contribution in [-0.4, -0.2) is 55.2 Å². The number of esters is 1. The molecule has 0 saturated carbocycles. The van der Waals surface area contributed by atoms with Gasteiger partial charge >= 0.3 is 5.97 Å². The van der Waals surface area contributed by atoms with Gasteiger partial charge in [0.1, 0.15) is 17.1 Å². The average molecular weight is 633 g/mol. The van der Waals surface area contributed by atoms with E-state index in [1.807, 2.05) is 42.5 Å². The number of aromatic nitrogens is 1. The van der Waals surface area contributed by atoms with Gasteiger partial charge in [-0.2, -0.15) is 0 Å². The minimum atomic E-state index is -0.411. The molecule has 2 aliphatic rings. The lowest BCUT2D eigenvalue weighted by atomic mass is 9.72. The highest BCUT2D eigenvalue weighted by Crippen LogP contribution is 2.43. The Hall–Kier alpha value is -3.45. The van der Waals surface area contributed by atoms with Crippen molar-refractivity contribution in [3.63, 3.8) is 0 Å². The Balaban J connectivity index is 1.20. The summed E-state index contributed by atoms with van der Waals surface area (Å²) in [4.78, 5) is 21.0. The number of fused-ring (bicyclic) bond motifs is 1. The highest BCUT2D eigenvalue weighted by Gasteiger charge is 2.29. The molecule has 1 saturated heterocycles. The molecule has 0 bridgehead atoms. The number of allylic oxidation sites excluding steroid dienone is 1. The van der Waals surface area contributed by atoms with E-state index in [1.54, 1.807) is 24.8 Å². The molecular formula is C36H39Cl2N3O3. The second kappa shape index (κ2) is 12.9. The molecule has 1 aromatic heterocycles. The minimum absolute atomic E-state index is 0.287. The van der Waals surface area contributed by atoms with E-state index < -0.39 is 5.97 Å². The van der Waals surface area contributed by atoms with Crippen LogP contribution in [0.15, 0.2) is 72.4 Å². The predicted molar refractivity (Wildman–Crippen MR) is 180 cm³/mol. The summed E-state index contributed by atoms with van der Waals surface area (Å²) in [5.74, 6) is 0.629. The molecule has 8 heteroatoms. The quantitative estimate of drug-likeness (QED) is 0.196. The number of carbonyl (C=O) groups excluding carboxylic acids is 1. The van der Waals surface area contributed by atoms with Crippen LogP contribution in [-0.2, 0) is 4.74 Å². The summed E-state index contributed by atoms with van der Waals surface area (Å²) in [6.45, 7) is 11.5. The molecule has 1 N–H and O–H groups in total. The number of ether oxygens (including phenoxy) is 2. The van der Waals surface area contributed by atoms with Crippen LogP contribution in [0.1, 0.15) is 56.0 Å². The van der Waals surface area contributed by atoms with Crippen LogP contribution in [0, 0.1) is 5.41 Å². The Labute approximate surface area is 269 Å². The van der Waals surface area contributed by atoms with Crippen molar-refractivity contribution < 1.29 is 14.3 Å². The molecule has 6 rings (SSSR count). The molecule has 3 aromatic carbocycles. The molecule has 4 aromatic rings. The van der Waals surface area contributed by atoms with Crippen molar-refractivity contribution in [3.8, 4) is 11.5 Å². The van der Waals surface area contributed by atoms with Gasteiger partial charge in [-0.3, -0.25) is 4.90 Å². The van der Waals surface area contributed by atoms with Gasteiger partial charge in [-0.05, 0) is 79.1 Å². The van der Waals surface area contributed by atoms with E-state index in [4.69, 9.17) is 32.7 Å². The number of nitrogens with zero attached hydrogens (tertiary/aromatic N) is 2. The Morgan fingerprint density at radius 2 is 1.75 bits per heavy atom. The lowest BCUT2D eigenvalue weighted by molar-refractivity contribution is 0.0523. The second-order valence-corrected chi connectivity index (χ2v) is 13.4. The van der Waals surface area contributed by atoms with Crippen molar-refractivity contribution >= 4 is 51.3 Å². The minimum Gasteiger partial charge on any atom is -0.462 e. The van der Waals surface area contributed by atoms with Crippen LogP contribution >= 0.6 is 23.2 Å². The normalized spacial score (nSPS) is 17.2. The monoisotopic (exact) mass is 631 g/mol. The van der Waals surface area contributed by atoms with E-state index >= 15 is 0 Å². The topological polar surface area (TPSA) is 57.8 Å². The first-order valence-electron chi connectivity index (χ1n) is 15.4. The van der Waals surface area contributed by atoms with Crippen molar-refractivity contribution in [1.82, 2.24) is 9.88 Å². The number of aromatic amines is 1. The maximum absolute atomic E-state index is 12.9. The van der Waals surface area contributed by atoms with Gasteiger partial charge in [-0.25, -0.2) is 4.79 Å². The number of piperazine rings is 1. The number of halogens is 2. The molecule has 0 radical (unpaired) electrons. The van der Waals surface area contributed by atoms with Gasteiger partial charge in [0, 0.05) is 55.7 Å². The third-order valence-corrected chi connectivity index (χ3v) is 9.38. The Bertz CT molecular complexity index is 1680. The largest absolute Gasteiger partial charge is 0.462 e. The second-order valence-electron chi connectivity index (χ2n) is 12.5. The first-order chi connectivity index (χ1) is 21.2. The number of anilines is 1. The van der Waals surface area contributed by atoms with E-state index in [1.165, 1.54) is 17.6 Å². The van der Waals surface area contributed by atoms with Gasteiger partial charge in [0.25, 0.3) is 0 Å². The molecule has 2 heterocycles. The van der Waals surface area contributed by atoms with Crippen molar-refractivity contribution in [3.05, 3.63) is 93.6 Å². The van der Waals surface area contributed by atoms with Gasteiger partial charge in [-0.1, -0.05) is 60.8 Å². The van der Waals surface area contributed by atoms with E-state index in [9.17, 15) is 4.79 Å². The molecule has 0 unspecified atom stereocenters. The number of nitrogens with one attached hydrogen (secondary N) is 1. The van der Waals surface area contributed by atoms with Crippen LogP contribution in [0.2, 0.25) is 10.0 Å². The molecule has 0 spiro atoms. The summed E-state index contributed by atoms with van der Waals surface area (Å²) in [6, 6.07) is 19.8. The highest BCUT2D eigenvalue weighted by molar-refractivity contribution is 6.36. The number of H-pyrrole nitrogens is 1. The molecule has 6 nitrogen and oxygen atoms in total. The van der Waals surface area contributed by atoms with Crippen molar-refractivity contribution in [2.75, 3.05) is 44.2 Å². The van der Waals surface area contributed by atoms with Crippen molar-refractivity contribution in [2.24, 2.45) is 5.41 Å². The number of hydrogen-bond acceptors (Lipinski definition) is 5. The van der Waals surface area contributed by atoms with Crippen LogP contribution in [0.3, 0.4) is 0 Å². The maximum atomic E-state index is 12.9. The zero-order valence-electron chi connectivity index (χ0n) is 25.6. The maximum Gasteiger partial charge on any atom is 0.341 e. The predicted octanol–water partition coefficient (Wildman–Crippen LogP) is 9.23. The number of rotatable bonds is 8. The van der Waals surface area contributed by atoms with Crippen LogP contribution in [0.5, 0.6) is 11.5 Å². The smallest absolute Gasteiger partial charge is 0.341 e. The lowest BCUT2D eigenvalue weighted by Gasteiger charge is -2.39. The summed E-state index contributed by atoms with van der Waals surface area (Å²) in [5, 5.41) is 2.12. The van der Waals surface area contributed by atoms with E-state index in [-0.39, 0.29) is 6.61 Å². The fourth-order valence-electron chi connectivity index (χ4n) is 6.38. The van der Waals surface area contributed by atoms with Gasteiger partial charge in [0.05, 0.1) is 22.5 Å². The molecule has 0 amide bonds. The van der Waals surface area contributed by atoms with Crippen LogP contribution in [0.4, 0.5) is 5.69 Å². The molecule has 230 valence electrons. The van der Waals surface area contributed by atoms with E-state index in [2.05, 4.69) is 40.8 Å². The zero-order chi connectivity index (χ0) is 30.8. The van der Waals surface area contributed by atoms with Gasteiger partial charge in [0.2, 0.25) is 0 Å². The van der Waals surface area contributed by atoms with Crippen LogP contribution < -0.4 is 9.64 Å². The summed E-state index contributed by atoms with van der Waals surface area (Å²) >= 11 is 12.7. The number of benzene rings is 3. The third kappa shape index (κ3) is 6.63. The van der Waals surface area contributed by atoms with Crippen molar-refractivity contribution in [2.45, 2.75) is 40.0 Å². The zero-order valence-corrected chi connectivity index (χ0v) is 27.1. The SMILES string of the molecule is CCOC(=O)c1ccc(N2CCN(CC3=C(c4ccc(Cl)cc4)CC(C)(C)CC3)CC2)cc1Oc1cccc2[nH]cc(Cl)c12. The van der Waals surface area contributed by atoms with E-state index in [0.717, 1.165) is 67.2 Å². The Morgan fingerprint density at radius 3 is 2.50 bits per heavy atom. The summed E-state index contributed by atoms with van der Waals surface area (Å²) < 4.78 is 11.8. The molecule has 0 atom stereocenters. The van der Waals surface area contributed by atoms with E-state index in [0.29, 0.717) is 27.5 Å². The highest BCUT2D eigenvalue weighted by atomic mass is 35.5. The summed E-state index contributed by atoms with van der Waals surface area (Å²) in [5.41, 5.74) is 6.89. The summed E-state index contributed by atoms with van der Waals surface area (Å²) in [6.07, 6.45) is 5.15. The first kappa shape index (κ1) is 30.6. The number of carbonyl (C=O) groups is 1. The standard InChI is InChI=1S/C36H39Cl2N3O3/c1-4-43-35(42)28-13-12-27(20-33(28)44-32-7-5-6-31-34(32)30(38)22-39-31)41-18-16-40(17-19-41)23-25-14-15-36(2,3)21-29(25)24-8-10-26(37)11-9-24/h5-13,20,22,39H,4,14-19,21,23H2,1-3H3. The molecular weight excluding hydrogens is 593 g/mol.